The molecule has 1 aliphatic carbocycles. The molecular formula is C28H41N3O2. The first-order valence-electron chi connectivity index (χ1n) is 13.3. The van der Waals surface area contributed by atoms with E-state index >= 15 is 0 Å². The Morgan fingerprint density at radius 2 is 1.94 bits per heavy atom. The largest absolute Gasteiger partial charge is 0.488 e. The first-order valence-corrected chi connectivity index (χ1v) is 13.3. The number of carbonyl (C=O) groups is 1. The molecule has 2 heterocycles. The fourth-order valence-corrected chi connectivity index (χ4v) is 5.31. The lowest BCUT2D eigenvalue weighted by Crippen LogP contribution is -2.43. The van der Waals surface area contributed by atoms with Crippen molar-refractivity contribution < 1.29 is 9.53 Å². The molecule has 0 bridgehead atoms. The number of fused-ring (bicyclic) bond motifs is 1. The van der Waals surface area contributed by atoms with Crippen molar-refractivity contribution in [1.82, 2.24) is 15.2 Å². The Morgan fingerprint density at radius 3 is 2.73 bits per heavy atom. The molecule has 2 fully saturated rings. The van der Waals surface area contributed by atoms with Gasteiger partial charge in [-0.1, -0.05) is 45.1 Å². The maximum atomic E-state index is 12.4. The average Bonchev–Trinajstić information content (AvgIpc) is 2.86. The standard InChI is InChI=1S/C28H41N3O2/c1-2-3-5-9-22-20-24-12-8-15-29-27(24)26(21-22)33-25-13-17-31(18-14-25)19-16-30-28(32)23-10-6-4-7-11-23/h8,12,15,20-21,23,25H,2-7,9-11,13-14,16-19H2,1H3,(H,30,32). The fraction of sp³-hybridized carbons (Fsp3) is 0.643. The van der Waals surface area contributed by atoms with E-state index < -0.39 is 0 Å². The van der Waals surface area contributed by atoms with E-state index in [4.69, 9.17) is 4.74 Å². The molecule has 1 aliphatic heterocycles. The molecule has 0 atom stereocenters. The van der Waals surface area contributed by atoms with Crippen molar-refractivity contribution in [2.75, 3.05) is 26.2 Å². The second kappa shape index (κ2) is 12.4. The fourth-order valence-electron chi connectivity index (χ4n) is 5.31. The van der Waals surface area contributed by atoms with Crippen LogP contribution in [0.2, 0.25) is 0 Å². The topological polar surface area (TPSA) is 54.5 Å². The van der Waals surface area contributed by atoms with Gasteiger partial charge in [0.1, 0.15) is 17.4 Å². The summed E-state index contributed by atoms with van der Waals surface area (Å²) < 4.78 is 6.53. The monoisotopic (exact) mass is 451 g/mol. The maximum absolute atomic E-state index is 12.4. The zero-order valence-corrected chi connectivity index (χ0v) is 20.4. The van der Waals surface area contributed by atoms with E-state index in [9.17, 15) is 4.79 Å². The number of hydrogen-bond donors (Lipinski definition) is 1. The molecule has 0 radical (unpaired) electrons. The van der Waals surface area contributed by atoms with Gasteiger partial charge in [0.05, 0.1) is 0 Å². The zero-order valence-electron chi connectivity index (χ0n) is 20.4. The second-order valence-electron chi connectivity index (χ2n) is 9.91. The summed E-state index contributed by atoms with van der Waals surface area (Å²) in [4.78, 5) is 19.4. The summed E-state index contributed by atoms with van der Waals surface area (Å²) in [6.45, 7) is 5.98. The van der Waals surface area contributed by atoms with Crippen LogP contribution in [0.1, 0.15) is 76.7 Å². The lowest BCUT2D eigenvalue weighted by Gasteiger charge is -2.32. The molecule has 1 saturated carbocycles. The van der Waals surface area contributed by atoms with Gasteiger partial charge >= 0.3 is 0 Å². The number of amides is 1. The number of likely N-dealkylation sites (tertiary alicyclic amines) is 1. The molecule has 2 aliphatic rings. The molecule has 1 amide bonds. The number of ether oxygens (including phenoxy) is 1. The lowest BCUT2D eigenvalue weighted by atomic mass is 9.89. The van der Waals surface area contributed by atoms with E-state index in [1.54, 1.807) is 0 Å². The van der Waals surface area contributed by atoms with E-state index in [0.29, 0.717) is 0 Å². The lowest BCUT2D eigenvalue weighted by molar-refractivity contribution is -0.126. The number of nitrogens with zero attached hydrogens (tertiary/aromatic N) is 2. The molecule has 180 valence electrons. The number of pyridine rings is 1. The van der Waals surface area contributed by atoms with Crippen molar-refractivity contribution in [1.29, 1.82) is 0 Å². The first-order chi connectivity index (χ1) is 16.2. The van der Waals surface area contributed by atoms with Crippen LogP contribution in [-0.2, 0) is 11.2 Å². The molecule has 33 heavy (non-hydrogen) atoms. The van der Waals surface area contributed by atoms with E-state index in [1.807, 2.05) is 12.3 Å². The summed E-state index contributed by atoms with van der Waals surface area (Å²) in [6, 6.07) is 8.64. The van der Waals surface area contributed by atoms with Gasteiger partial charge < -0.3 is 15.0 Å². The quantitative estimate of drug-likeness (QED) is 0.484. The van der Waals surface area contributed by atoms with Gasteiger partial charge in [0.25, 0.3) is 0 Å². The van der Waals surface area contributed by atoms with E-state index in [0.717, 1.165) is 69.5 Å². The molecule has 4 rings (SSSR count). The van der Waals surface area contributed by atoms with Gasteiger partial charge in [-0.25, -0.2) is 0 Å². The molecule has 0 unspecified atom stereocenters. The second-order valence-corrected chi connectivity index (χ2v) is 9.91. The summed E-state index contributed by atoms with van der Waals surface area (Å²) in [5.41, 5.74) is 2.33. The molecule has 5 heteroatoms. The Morgan fingerprint density at radius 1 is 1.12 bits per heavy atom. The molecule has 1 aromatic carbocycles. The third-order valence-corrected chi connectivity index (χ3v) is 7.33. The molecule has 1 N–H and O–H groups in total. The van der Waals surface area contributed by atoms with Crippen molar-refractivity contribution in [3.05, 3.63) is 36.0 Å². The van der Waals surface area contributed by atoms with Crippen molar-refractivity contribution in [2.24, 2.45) is 5.92 Å². The summed E-state index contributed by atoms with van der Waals surface area (Å²) >= 11 is 0. The summed E-state index contributed by atoms with van der Waals surface area (Å²) in [5.74, 6) is 1.46. The molecule has 1 aromatic heterocycles. The van der Waals surface area contributed by atoms with E-state index in [2.05, 4.69) is 40.3 Å². The van der Waals surface area contributed by atoms with Gasteiger partial charge in [-0.15, -0.1) is 0 Å². The predicted molar refractivity (Wildman–Crippen MR) is 135 cm³/mol. The Hall–Kier alpha value is -2.14. The van der Waals surface area contributed by atoms with Gasteiger partial charge in [0, 0.05) is 43.7 Å². The third-order valence-electron chi connectivity index (χ3n) is 7.33. The minimum Gasteiger partial charge on any atom is -0.488 e. The molecule has 2 aromatic rings. The SMILES string of the molecule is CCCCCc1cc(OC2CCN(CCNC(=O)C3CCCCC3)CC2)c2ncccc2c1. The van der Waals surface area contributed by atoms with Crippen LogP contribution in [0.4, 0.5) is 0 Å². The van der Waals surface area contributed by atoms with Gasteiger partial charge in [-0.3, -0.25) is 9.78 Å². The minimum absolute atomic E-state index is 0.231. The Bertz CT molecular complexity index is 886. The number of piperidine rings is 1. The van der Waals surface area contributed by atoms with Crippen LogP contribution in [0.5, 0.6) is 5.75 Å². The van der Waals surface area contributed by atoms with Gasteiger partial charge in [-0.05, 0) is 62.3 Å². The van der Waals surface area contributed by atoms with Crippen molar-refractivity contribution in [2.45, 2.75) is 83.7 Å². The molecule has 5 nitrogen and oxygen atoms in total. The predicted octanol–water partition coefficient (Wildman–Crippen LogP) is 5.51. The van der Waals surface area contributed by atoms with Crippen molar-refractivity contribution in [3.63, 3.8) is 0 Å². The molecule has 1 saturated heterocycles. The van der Waals surface area contributed by atoms with Crippen LogP contribution in [0, 0.1) is 5.92 Å². The van der Waals surface area contributed by atoms with Gasteiger partial charge in [0.2, 0.25) is 5.91 Å². The number of unbranched alkanes of at least 4 members (excludes halogenated alkanes) is 2. The summed E-state index contributed by atoms with van der Waals surface area (Å²) in [5, 5.41) is 4.35. The van der Waals surface area contributed by atoms with Crippen molar-refractivity contribution >= 4 is 16.8 Å². The van der Waals surface area contributed by atoms with Crippen molar-refractivity contribution in [3.8, 4) is 5.75 Å². The van der Waals surface area contributed by atoms with Gasteiger partial charge in [0.15, 0.2) is 0 Å². The summed E-state index contributed by atoms with van der Waals surface area (Å²) in [7, 11) is 0. The number of aryl methyl sites for hydroxylation is 1. The van der Waals surface area contributed by atoms with Crippen LogP contribution >= 0.6 is 0 Å². The average molecular weight is 452 g/mol. The van der Waals surface area contributed by atoms with Crippen LogP contribution < -0.4 is 10.1 Å². The highest BCUT2D eigenvalue weighted by Gasteiger charge is 2.23. The number of aromatic nitrogens is 1. The molecule has 0 spiro atoms. The number of hydrogen-bond acceptors (Lipinski definition) is 4. The number of carbonyl (C=O) groups excluding carboxylic acids is 1. The highest BCUT2D eigenvalue weighted by Crippen LogP contribution is 2.29. The minimum atomic E-state index is 0.231. The highest BCUT2D eigenvalue weighted by molar-refractivity contribution is 5.85. The van der Waals surface area contributed by atoms with Gasteiger partial charge in [-0.2, -0.15) is 0 Å². The zero-order chi connectivity index (χ0) is 22.9. The van der Waals surface area contributed by atoms with Crippen LogP contribution in [-0.4, -0.2) is 48.1 Å². The number of benzene rings is 1. The highest BCUT2D eigenvalue weighted by atomic mass is 16.5. The first kappa shape index (κ1) is 24.0. The maximum Gasteiger partial charge on any atom is 0.223 e. The normalized spacial score (nSPS) is 18.5. The van der Waals surface area contributed by atoms with Crippen LogP contribution in [0.3, 0.4) is 0 Å². The van der Waals surface area contributed by atoms with Crippen LogP contribution in [0.25, 0.3) is 10.9 Å². The summed E-state index contributed by atoms with van der Waals surface area (Å²) in [6.07, 6.45) is 14.8. The van der Waals surface area contributed by atoms with Crippen LogP contribution in [0.15, 0.2) is 30.5 Å². The van der Waals surface area contributed by atoms with E-state index in [-0.39, 0.29) is 17.9 Å². The Kier molecular flexibility index (Phi) is 8.99. The number of rotatable bonds is 10. The molecular weight excluding hydrogens is 410 g/mol. The number of nitrogens with one attached hydrogen (secondary N) is 1. The third kappa shape index (κ3) is 6.92. The smallest absolute Gasteiger partial charge is 0.223 e. The van der Waals surface area contributed by atoms with E-state index in [1.165, 1.54) is 49.5 Å². The Balaban J connectivity index is 1.25. The Labute approximate surface area is 199 Å².